The van der Waals surface area contributed by atoms with Crippen molar-refractivity contribution in [1.29, 1.82) is 0 Å². The van der Waals surface area contributed by atoms with Gasteiger partial charge in [0.15, 0.2) is 0 Å². The molecule has 2 heterocycles. The molecule has 7 rings (SSSR count). The van der Waals surface area contributed by atoms with Crippen LogP contribution in [0.3, 0.4) is 0 Å². The molecule has 0 unspecified atom stereocenters. The Kier molecular flexibility index (Phi) is 5.71. The van der Waals surface area contributed by atoms with Gasteiger partial charge in [-0.2, -0.15) is 0 Å². The van der Waals surface area contributed by atoms with Gasteiger partial charge in [-0.25, -0.2) is 10.0 Å². The number of carbonyl (C=O) groups is 1. The van der Waals surface area contributed by atoms with E-state index in [1.807, 2.05) is 125 Å². The lowest BCUT2D eigenvalue weighted by atomic mass is 10.0. The Morgan fingerprint density at radius 1 is 0.750 bits per heavy atom. The molecule has 0 aromatic heterocycles. The highest BCUT2D eigenvalue weighted by atomic mass is 16.2. The molecule has 0 saturated heterocycles. The largest absolute Gasteiger partial charge is 0.319 e. The van der Waals surface area contributed by atoms with E-state index in [4.69, 9.17) is 10.1 Å². The first kappa shape index (κ1) is 23.6. The van der Waals surface area contributed by atoms with Gasteiger partial charge in [-0.15, -0.1) is 5.10 Å². The smallest absolute Gasteiger partial charge is 0.293 e. The maximum absolute atomic E-state index is 14.1. The van der Waals surface area contributed by atoms with Gasteiger partial charge in [0.05, 0.1) is 22.8 Å². The number of carbonyl (C=O) groups excluding carboxylic acids is 1. The molecule has 0 fully saturated rings. The number of amides is 1. The molecule has 0 aliphatic carbocycles. The fourth-order valence-corrected chi connectivity index (χ4v) is 5.13. The third-order valence-corrected chi connectivity index (χ3v) is 7.05. The van der Waals surface area contributed by atoms with Crippen LogP contribution in [0.5, 0.6) is 0 Å². The van der Waals surface area contributed by atoms with Gasteiger partial charge in [-0.3, -0.25) is 9.69 Å². The number of anilines is 3. The molecule has 192 valence electrons. The molecule has 0 spiro atoms. The normalized spacial score (nSPS) is 14.1. The minimum atomic E-state index is -0.338. The van der Waals surface area contributed by atoms with Gasteiger partial charge in [0, 0.05) is 22.7 Å². The number of aliphatic imine (C=N–C) groups is 1. The van der Waals surface area contributed by atoms with Crippen molar-refractivity contribution >= 4 is 56.8 Å². The SMILES string of the molecule is Cc1ccc(N2N=C(C(=O)Nc3ccccc3)N3C(=Nc4cccc5cccc3c45)C=C2c2ccccc2)cc1. The fraction of sp³-hybridized carbons (Fsp3) is 0.0294. The number of nitrogens with zero attached hydrogens (tertiary/aromatic N) is 4. The number of hydrogen-bond acceptors (Lipinski definition) is 5. The zero-order chi connectivity index (χ0) is 27.1. The highest BCUT2D eigenvalue weighted by Crippen LogP contribution is 2.41. The maximum atomic E-state index is 14.1. The Bertz CT molecular complexity index is 1840. The number of hydrogen-bond donors (Lipinski definition) is 1. The van der Waals surface area contributed by atoms with E-state index in [1.54, 1.807) is 0 Å². The number of para-hydroxylation sites is 1. The summed E-state index contributed by atoms with van der Waals surface area (Å²) in [5.41, 5.74) is 6.13. The predicted octanol–water partition coefficient (Wildman–Crippen LogP) is 7.51. The van der Waals surface area contributed by atoms with Gasteiger partial charge in [0.1, 0.15) is 5.84 Å². The van der Waals surface area contributed by atoms with Crippen LogP contribution in [-0.4, -0.2) is 17.6 Å². The van der Waals surface area contributed by atoms with Crippen LogP contribution in [-0.2, 0) is 4.79 Å². The van der Waals surface area contributed by atoms with Crippen LogP contribution in [0.15, 0.2) is 137 Å². The van der Waals surface area contributed by atoms with Crippen LogP contribution in [0.2, 0.25) is 0 Å². The predicted molar refractivity (Wildman–Crippen MR) is 164 cm³/mol. The summed E-state index contributed by atoms with van der Waals surface area (Å²) in [6, 6.07) is 39.8. The summed E-state index contributed by atoms with van der Waals surface area (Å²) in [6.07, 6.45) is 2.01. The molecule has 1 N–H and O–H groups in total. The molecule has 1 amide bonds. The van der Waals surface area contributed by atoms with Gasteiger partial charge in [-0.05, 0) is 48.7 Å². The van der Waals surface area contributed by atoms with E-state index in [2.05, 4.69) is 24.4 Å². The number of fused-ring (bicyclic) bond motifs is 2. The van der Waals surface area contributed by atoms with Crippen molar-refractivity contribution in [3.8, 4) is 0 Å². The van der Waals surface area contributed by atoms with Gasteiger partial charge >= 0.3 is 0 Å². The molecular weight excluding hydrogens is 494 g/mol. The van der Waals surface area contributed by atoms with Crippen LogP contribution in [0, 0.1) is 6.92 Å². The average molecular weight is 520 g/mol. The van der Waals surface area contributed by atoms with Gasteiger partial charge < -0.3 is 5.32 Å². The number of aryl methyl sites for hydroxylation is 1. The Balaban J connectivity index is 1.50. The fourth-order valence-electron chi connectivity index (χ4n) is 5.13. The number of hydrazone groups is 1. The van der Waals surface area contributed by atoms with Crippen molar-refractivity contribution in [2.45, 2.75) is 6.92 Å². The summed E-state index contributed by atoms with van der Waals surface area (Å²) in [7, 11) is 0. The van der Waals surface area contributed by atoms with Crippen LogP contribution in [0.1, 0.15) is 11.1 Å². The van der Waals surface area contributed by atoms with Gasteiger partial charge in [0.25, 0.3) is 5.91 Å². The van der Waals surface area contributed by atoms with E-state index in [0.717, 1.165) is 44.7 Å². The van der Waals surface area contributed by atoms with Crippen molar-refractivity contribution in [3.05, 3.63) is 139 Å². The molecule has 5 aromatic carbocycles. The average Bonchev–Trinajstić information content (AvgIpc) is 3.16. The van der Waals surface area contributed by atoms with E-state index in [1.165, 1.54) is 0 Å². The van der Waals surface area contributed by atoms with Crippen LogP contribution >= 0.6 is 0 Å². The van der Waals surface area contributed by atoms with Crippen LogP contribution in [0.4, 0.5) is 22.7 Å². The molecule has 6 heteroatoms. The summed E-state index contributed by atoms with van der Waals surface area (Å²) in [5, 5.41) is 12.0. The first-order valence-electron chi connectivity index (χ1n) is 13.2. The third-order valence-electron chi connectivity index (χ3n) is 7.05. The summed E-state index contributed by atoms with van der Waals surface area (Å²) in [4.78, 5) is 21.0. The Hall–Kier alpha value is -5.49. The number of amidine groups is 2. The molecule has 0 radical (unpaired) electrons. The minimum Gasteiger partial charge on any atom is -0.319 e. The second kappa shape index (κ2) is 9.67. The van der Waals surface area contributed by atoms with E-state index in [-0.39, 0.29) is 11.7 Å². The summed E-state index contributed by atoms with van der Waals surface area (Å²) < 4.78 is 0. The zero-order valence-electron chi connectivity index (χ0n) is 21.8. The van der Waals surface area contributed by atoms with Crippen molar-refractivity contribution < 1.29 is 4.79 Å². The van der Waals surface area contributed by atoms with E-state index < -0.39 is 0 Å². The van der Waals surface area contributed by atoms with E-state index in [0.29, 0.717) is 11.5 Å². The number of rotatable bonds is 4. The minimum absolute atomic E-state index is 0.215. The van der Waals surface area contributed by atoms with E-state index in [9.17, 15) is 4.79 Å². The highest BCUT2D eigenvalue weighted by Gasteiger charge is 2.34. The Morgan fingerprint density at radius 2 is 1.45 bits per heavy atom. The molecule has 40 heavy (non-hydrogen) atoms. The Morgan fingerprint density at radius 3 is 2.20 bits per heavy atom. The van der Waals surface area contributed by atoms with Gasteiger partial charge in [0.2, 0.25) is 5.84 Å². The quantitative estimate of drug-likeness (QED) is 0.267. The summed E-state index contributed by atoms with van der Waals surface area (Å²) in [5.74, 6) is 0.490. The second-order valence-electron chi connectivity index (χ2n) is 9.74. The van der Waals surface area contributed by atoms with Gasteiger partial charge in [-0.1, -0.05) is 90.5 Å². The first-order valence-corrected chi connectivity index (χ1v) is 13.2. The molecule has 2 aliphatic rings. The monoisotopic (exact) mass is 519 g/mol. The van der Waals surface area contributed by atoms with Crippen molar-refractivity contribution in [2.24, 2.45) is 10.1 Å². The lowest BCUT2D eigenvalue weighted by Gasteiger charge is -2.29. The maximum Gasteiger partial charge on any atom is 0.293 e. The van der Waals surface area contributed by atoms with Crippen LogP contribution in [0.25, 0.3) is 16.5 Å². The first-order chi connectivity index (χ1) is 19.7. The second-order valence-corrected chi connectivity index (χ2v) is 9.74. The Labute approximate surface area is 232 Å². The summed E-state index contributed by atoms with van der Waals surface area (Å²) >= 11 is 0. The molecule has 0 bridgehead atoms. The topological polar surface area (TPSA) is 60.3 Å². The van der Waals surface area contributed by atoms with Crippen molar-refractivity contribution in [3.63, 3.8) is 0 Å². The summed E-state index contributed by atoms with van der Waals surface area (Å²) in [6.45, 7) is 2.05. The molecule has 2 aliphatic heterocycles. The standard InChI is InChI=1S/C34H25N5O/c1-23-18-20-27(21-19-23)39-30(24-10-4-2-5-11-24)22-31-36-28-16-8-12-25-13-9-17-29(32(25)28)38(31)33(37-39)34(40)35-26-14-6-3-7-15-26/h2-22H,1H3,(H,35,40). The molecule has 6 nitrogen and oxygen atoms in total. The van der Waals surface area contributed by atoms with E-state index >= 15 is 0 Å². The zero-order valence-corrected chi connectivity index (χ0v) is 21.8. The molecule has 5 aromatic rings. The lowest BCUT2D eigenvalue weighted by Crippen LogP contribution is -2.44. The third kappa shape index (κ3) is 4.12. The number of nitrogens with one attached hydrogen (secondary N) is 1. The molecular formula is C34H25N5O. The molecule has 0 saturated carbocycles. The van der Waals surface area contributed by atoms with Crippen LogP contribution < -0.4 is 15.2 Å². The molecule has 0 atom stereocenters. The highest BCUT2D eigenvalue weighted by molar-refractivity contribution is 6.53. The van der Waals surface area contributed by atoms with Crippen molar-refractivity contribution in [1.82, 2.24) is 0 Å². The number of benzene rings is 5. The lowest BCUT2D eigenvalue weighted by molar-refractivity contribution is -0.110. The van der Waals surface area contributed by atoms with Crippen molar-refractivity contribution in [2.75, 3.05) is 15.2 Å².